The first-order chi connectivity index (χ1) is 18.4. The van der Waals surface area contributed by atoms with Crippen LogP contribution in [0.4, 0.5) is 0 Å². The van der Waals surface area contributed by atoms with Crippen molar-refractivity contribution in [1.29, 1.82) is 0 Å². The average Bonchev–Trinajstić information content (AvgIpc) is 3.37. The normalized spacial score (nSPS) is 20.4. The lowest BCUT2D eigenvalue weighted by Gasteiger charge is -2.40. The lowest BCUT2D eigenvalue weighted by Crippen LogP contribution is -2.44. The van der Waals surface area contributed by atoms with Crippen molar-refractivity contribution in [2.45, 2.75) is 122 Å². The van der Waals surface area contributed by atoms with E-state index in [2.05, 4.69) is 60.4 Å². The van der Waals surface area contributed by atoms with Gasteiger partial charge in [-0.3, -0.25) is 0 Å². The zero-order valence-electron chi connectivity index (χ0n) is 25.8. The highest BCUT2D eigenvalue weighted by Crippen LogP contribution is 2.39. The third-order valence-corrected chi connectivity index (χ3v) is 12.5. The van der Waals surface area contributed by atoms with E-state index in [9.17, 15) is 5.11 Å². The van der Waals surface area contributed by atoms with Crippen LogP contribution < -0.4 is 4.74 Å². The molecule has 1 aliphatic heterocycles. The lowest BCUT2D eigenvalue weighted by atomic mass is 9.99. The summed E-state index contributed by atoms with van der Waals surface area (Å²) in [5.41, 5.74) is 3.39. The molecule has 1 fully saturated rings. The molecule has 4 atom stereocenters. The monoisotopic (exact) mass is 558 g/mol. The van der Waals surface area contributed by atoms with Crippen molar-refractivity contribution in [1.82, 2.24) is 0 Å². The summed E-state index contributed by atoms with van der Waals surface area (Å²) in [6.45, 7) is 21.3. The SMILES string of the molecule is C=C(CCCC)C(O[Si](C)(C)C(C)(C)C)/C(C)=C/C=C/[C@@H](O)[C@H]1CC[C@H](CCOCc2ccc(OC)cc2)O1. The summed E-state index contributed by atoms with van der Waals surface area (Å²) < 4.78 is 24.0. The van der Waals surface area contributed by atoms with Crippen LogP contribution in [-0.4, -0.2) is 51.6 Å². The fraction of sp³-hybridized carbons (Fsp3) is 0.636. The Balaban J connectivity index is 1.86. The highest BCUT2D eigenvalue weighted by Gasteiger charge is 2.40. The molecule has 0 aliphatic carbocycles. The average molecular weight is 559 g/mol. The molecular weight excluding hydrogens is 504 g/mol. The standard InChI is InChI=1S/C33H54O5Si/c1-10-11-13-25(2)32(38-39(8,9)33(4,5)6)26(3)14-12-15-30(34)31-21-20-29(37-31)22-23-36-24-27-16-18-28(35-7)19-17-27/h12,14-19,29-32,34H,2,10-11,13,20-24H2,1,3-9H3/b15-12+,26-14+/t29-,30-,31-,32?/m1/s1. The Morgan fingerprint density at radius 1 is 1.21 bits per heavy atom. The molecule has 1 heterocycles. The van der Waals surface area contributed by atoms with Crippen molar-refractivity contribution in [3.63, 3.8) is 0 Å². The number of hydrogen-bond donors (Lipinski definition) is 1. The van der Waals surface area contributed by atoms with Crippen molar-refractivity contribution in [3.8, 4) is 5.75 Å². The van der Waals surface area contributed by atoms with Crippen LogP contribution in [0.2, 0.25) is 18.1 Å². The summed E-state index contributed by atoms with van der Waals surface area (Å²) in [5.74, 6) is 0.846. The van der Waals surface area contributed by atoms with Crippen LogP contribution in [0.15, 0.2) is 60.2 Å². The second-order valence-corrected chi connectivity index (χ2v) is 17.1. The van der Waals surface area contributed by atoms with Gasteiger partial charge >= 0.3 is 0 Å². The minimum atomic E-state index is -1.97. The van der Waals surface area contributed by atoms with Crippen LogP contribution in [-0.2, 0) is 20.5 Å². The van der Waals surface area contributed by atoms with Gasteiger partial charge in [0.15, 0.2) is 8.32 Å². The van der Waals surface area contributed by atoms with Crippen LogP contribution in [0.25, 0.3) is 0 Å². The molecule has 5 nitrogen and oxygen atoms in total. The zero-order chi connectivity index (χ0) is 29.1. The summed E-state index contributed by atoms with van der Waals surface area (Å²) in [6, 6.07) is 7.92. The highest BCUT2D eigenvalue weighted by atomic mass is 28.4. The molecule has 0 aromatic heterocycles. The molecule has 1 N–H and O–H groups in total. The first-order valence-electron chi connectivity index (χ1n) is 14.6. The van der Waals surface area contributed by atoms with Gasteiger partial charge in [-0.1, -0.05) is 71.1 Å². The molecular formula is C33H54O5Si. The molecule has 0 bridgehead atoms. The van der Waals surface area contributed by atoms with Gasteiger partial charge in [0.1, 0.15) is 5.75 Å². The van der Waals surface area contributed by atoms with E-state index in [0.717, 1.165) is 61.0 Å². The molecule has 0 saturated carbocycles. The van der Waals surface area contributed by atoms with Crippen LogP contribution in [0.3, 0.4) is 0 Å². The summed E-state index contributed by atoms with van der Waals surface area (Å²) in [7, 11) is -0.305. The number of unbranched alkanes of at least 4 members (excludes halogenated alkanes) is 1. The van der Waals surface area contributed by atoms with Gasteiger partial charge in [0.05, 0.1) is 38.1 Å². The maximum absolute atomic E-state index is 10.8. The van der Waals surface area contributed by atoms with Crippen molar-refractivity contribution in [2.75, 3.05) is 13.7 Å². The Kier molecular flexibility index (Phi) is 13.7. The predicted molar refractivity (Wildman–Crippen MR) is 165 cm³/mol. The Bertz CT molecular complexity index is 928. The van der Waals surface area contributed by atoms with Gasteiger partial charge in [0, 0.05) is 6.61 Å². The fourth-order valence-electron chi connectivity index (χ4n) is 4.36. The molecule has 2 rings (SSSR count). The van der Waals surface area contributed by atoms with Gasteiger partial charge in [0.2, 0.25) is 0 Å². The number of hydrogen-bond acceptors (Lipinski definition) is 5. The van der Waals surface area contributed by atoms with E-state index < -0.39 is 14.4 Å². The molecule has 220 valence electrons. The van der Waals surface area contributed by atoms with E-state index in [4.69, 9.17) is 18.6 Å². The van der Waals surface area contributed by atoms with E-state index in [1.54, 1.807) is 7.11 Å². The number of benzene rings is 1. The van der Waals surface area contributed by atoms with Crippen LogP contribution in [0, 0.1) is 0 Å². The number of ether oxygens (including phenoxy) is 3. The fourth-order valence-corrected chi connectivity index (χ4v) is 5.66. The Morgan fingerprint density at radius 2 is 1.90 bits per heavy atom. The van der Waals surface area contributed by atoms with Gasteiger partial charge in [-0.05, 0) is 86.0 Å². The van der Waals surface area contributed by atoms with E-state index in [1.807, 2.05) is 36.4 Å². The van der Waals surface area contributed by atoms with E-state index in [1.165, 1.54) is 0 Å². The minimum absolute atomic E-state index is 0.0933. The topological polar surface area (TPSA) is 57.2 Å². The Morgan fingerprint density at radius 3 is 2.51 bits per heavy atom. The molecule has 1 aromatic rings. The van der Waals surface area contributed by atoms with Gasteiger partial charge in [0.25, 0.3) is 0 Å². The van der Waals surface area contributed by atoms with E-state index in [0.29, 0.717) is 13.2 Å². The molecule has 1 unspecified atom stereocenters. The first-order valence-corrected chi connectivity index (χ1v) is 17.5. The van der Waals surface area contributed by atoms with Gasteiger partial charge in [-0.25, -0.2) is 0 Å². The number of rotatable bonds is 16. The number of allylic oxidation sites excluding steroid dienone is 2. The Hall–Kier alpha value is -1.70. The van der Waals surface area contributed by atoms with Crippen molar-refractivity contribution in [2.24, 2.45) is 0 Å². The third kappa shape index (κ3) is 11.0. The summed E-state index contributed by atoms with van der Waals surface area (Å²) >= 11 is 0. The van der Waals surface area contributed by atoms with Crippen LogP contribution in [0.1, 0.15) is 78.7 Å². The second-order valence-electron chi connectivity index (χ2n) is 12.4. The van der Waals surface area contributed by atoms with E-state index in [-0.39, 0.29) is 23.4 Å². The molecule has 0 spiro atoms. The number of aliphatic hydroxyl groups excluding tert-OH is 1. The van der Waals surface area contributed by atoms with Crippen molar-refractivity contribution < 1.29 is 23.7 Å². The van der Waals surface area contributed by atoms with Gasteiger partial charge in [-0.2, -0.15) is 0 Å². The minimum Gasteiger partial charge on any atom is -0.497 e. The molecule has 1 aromatic carbocycles. The first kappa shape index (κ1) is 33.5. The number of aliphatic hydroxyl groups is 1. The smallest absolute Gasteiger partial charge is 0.193 e. The maximum atomic E-state index is 10.8. The van der Waals surface area contributed by atoms with Crippen molar-refractivity contribution >= 4 is 8.32 Å². The van der Waals surface area contributed by atoms with Crippen LogP contribution >= 0.6 is 0 Å². The van der Waals surface area contributed by atoms with Crippen LogP contribution in [0.5, 0.6) is 5.75 Å². The highest BCUT2D eigenvalue weighted by molar-refractivity contribution is 6.74. The summed E-state index contributed by atoms with van der Waals surface area (Å²) in [4.78, 5) is 0. The summed E-state index contributed by atoms with van der Waals surface area (Å²) in [5, 5.41) is 10.9. The van der Waals surface area contributed by atoms with Crippen molar-refractivity contribution in [3.05, 3.63) is 65.8 Å². The zero-order valence-corrected chi connectivity index (χ0v) is 26.8. The number of methoxy groups -OCH3 is 1. The molecule has 0 amide bonds. The van der Waals surface area contributed by atoms with Gasteiger partial charge < -0.3 is 23.7 Å². The molecule has 39 heavy (non-hydrogen) atoms. The predicted octanol–water partition coefficient (Wildman–Crippen LogP) is 8.15. The summed E-state index contributed by atoms with van der Waals surface area (Å²) in [6.07, 6.45) is 10.9. The molecule has 1 saturated heterocycles. The largest absolute Gasteiger partial charge is 0.497 e. The lowest BCUT2D eigenvalue weighted by molar-refractivity contribution is -0.0281. The van der Waals surface area contributed by atoms with Gasteiger partial charge in [-0.15, -0.1) is 0 Å². The second kappa shape index (κ2) is 15.9. The van der Waals surface area contributed by atoms with E-state index >= 15 is 0 Å². The molecule has 1 aliphatic rings. The maximum Gasteiger partial charge on any atom is 0.193 e. The molecule has 6 heteroatoms. The quantitative estimate of drug-likeness (QED) is 0.0960. The molecule has 0 radical (unpaired) electrons. The third-order valence-electron chi connectivity index (χ3n) is 8.06. The Labute approximate surface area is 239 Å².